The van der Waals surface area contributed by atoms with Crippen LogP contribution in [0.5, 0.6) is 0 Å². The quantitative estimate of drug-likeness (QED) is 0.913. The topological polar surface area (TPSA) is 54.9 Å². The molecule has 0 saturated heterocycles. The van der Waals surface area contributed by atoms with Crippen molar-refractivity contribution in [2.75, 3.05) is 0 Å². The molecule has 0 saturated carbocycles. The molecule has 2 aromatic heterocycles. The number of hydrogen-bond donors (Lipinski definition) is 1. The van der Waals surface area contributed by atoms with Crippen LogP contribution in [0.3, 0.4) is 0 Å². The Morgan fingerprint density at radius 1 is 1.37 bits per heavy atom. The summed E-state index contributed by atoms with van der Waals surface area (Å²) in [7, 11) is 0. The lowest BCUT2D eigenvalue weighted by atomic mass is 10.1. The molecule has 0 aliphatic carbocycles. The molecular formula is C14H17N3OS. The summed E-state index contributed by atoms with van der Waals surface area (Å²) in [6.07, 6.45) is 2.30. The maximum atomic E-state index is 11.6. The maximum Gasteiger partial charge on any atom is 0.220 e. The van der Waals surface area contributed by atoms with E-state index in [4.69, 9.17) is 0 Å². The molecule has 1 N–H and O–H groups in total. The standard InChI is InChI=1S/C14H17N3OS/c1-10(2)7-13(18)16-8-14-17-12(9-19-14)11-5-3-4-6-15-11/h3-6,9-10H,7-8H2,1-2H3,(H,16,18). The van der Waals surface area contributed by atoms with Crippen LogP contribution in [-0.4, -0.2) is 15.9 Å². The van der Waals surface area contributed by atoms with Crippen LogP contribution in [-0.2, 0) is 11.3 Å². The summed E-state index contributed by atoms with van der Waals surface area (Å²) in [5, 5.41) is 5.75. The number of thiazole rings is 1. The molecule has 0 aromatic carbocycles. The zero-order chi connectivity index (χ0) is 13.7. The minimum atomic E-state index is 0.0737. The molecule has 2 heterocycles. The van der Waals surface area contributed by atoms with Crippen LogP contribution in [0.2, 0.25) is 0 Å². The van der Waals surface area contributed by atoms with E-state index in [1.165, 1.54) is 11.3 Å². The van der Waals surface area contributed by atoms with Gasteiger partial charge in [0.15, 0.2) is 0 Å². The molecule has 0 atom stereocenters. The molecule has 5 heteroatoms. The molecule has 4 nitrogen and oxygen atoms in total. The number of nitrogens with one attached hydrogen (secondary N) is 1. The van der Waals surface area contributed by atoms with Crippen LogP contribution >= 0.6 is 11.3 Å². The minimum absolute atomic E-state index is 0.0737. The molecule has 0 aliphatic rings. The lowest BCUT2D eigenvalue weighted by Crippen LogP contribution is -2.23. The number of carbonyl (C=O) groups excluding carboxylic acids is 1. The molecule has 2 rings (SSSR count). The van der Waals surface area contributed by atoms with Crippen LogP contribution in [0.1, 0.15) is 25.3 Å². The highest BCUT2D eigenvalue weighted by molar-refractivity contribution is 7.09. The zero-order valence-corrected chi connectivity index (χ0v) is 11.9. The largest absolute Gasteiger partial charge is 0.350 e. The molecule has 19 heavy (non-hydrogen) atoms. The van der Waals surface area contributed by atoms with Gasteiger partial charge in [-0.3, -0.25) is 9.78 Å². The first kappa shape index (κ1) is 13.7. The van der Waals surface area contributed by atoms with Crippen LogP contribution < -0.4 is 5.32 Å². The van der Waals surface area contributed by atoms with Gasteiger partial charge in [0.05, 0.1) is 17.9 Å². The van der Waals surface area contributed by atoms with Gasteiger partial charge in [-0.05, 0) is 18.1 Å². The van der Waals surface area contributed by atoms with Crippen molar-refractivity contribution >= 4 is 17.2 Å². The number of hydrogen-bond acceptors (Lipinski definition) is 4. The molecule has 0 aliphatic heterocycles. The molecule has 1 amide bonds. The van der Waals surface area contributed by atoms with Crippen molar-refractivity contribution in [3.8, 4) is 11.4 Å². The lowest BCUT2D eigenvalue weighted by Gasteiger charge is -2.04. The smallest absolute Gasteiger partial charge is 0.220 e. The number of pyridine rings is 1. The Morgan fingerprint density at radius 3 is 2.89 bits per heavy atom. The Balaban J connectivity index is 1.93. The van der Waals surface area contributed by atoms with Crippen LogP contribution in [0.25, 0.3) is 11.4 Å². The Hall–Kier alpha value is -1.75. The van der Waals surface area contributed by atoms with E-state index in [1.807, 2.05) is 37.4 Å². The fourth-order valence-electron chi connectivity index (χ4n) is 1.64. The second-order valence-electron chi connectivity index (χ2n) is 4.72. The number of carbonyl (C=O) groups is 1. The minimum Gasteiger partial charge on any atom is -0.350 e. The third kappa shape index (κ3) is 4.13. The van der Waals surface area contributed by atoms with Crippen LogP contribution in [0.4, 0.5) is 0 Å². The van der Waals surface area contributed by atoms with Gasteiger partial charge in [-0.15, -0.1) is 11.3 Å². The third-order valence-electron chi connectivity index (χ3n) is 2.51. The normalized spacial score (nSPS) is 10.7. The molecule has 0 bridgehead atoms. The number of nitrogens with zero attached hydrogens (tertiary/aromatic N) is 2. The second kappa shape index (κ2) is 6.43. The van der Waals surface area contributed by atoms with Crippen molar-refractivity contribution in [2.45, 2.75) is 26.8 Å². The number of aromatic nitrogens is 2. The van der Waals surface area contributed by atoms with Gasteiger partial charge in [-0.2, -0.15) is 0 Å². The van der Waals surface area contributed by atoms with Gasteiger partial charge in [0.2, 0.25) is 5.91 Å². The van der Waals surface area contributed by atoms with Crippen molar-refractivity contribution < 1.29 is 4.79 Å². The first-order valence-corrected chi connectivity index (χ1v) is 7.15. The van der Waals surface area contributed by atoms with E-state index in [9.17, 15) is 4.79 Å². The van der Waals surface area contributed by atoms with Gasteiger partial charge in [-0.1, -0.05) is 19.9 Å². The van der Waals surface area contributed by atoms with E-state index >= 15 is 0 Å². The maximum absolute atomic E-state index is 11.6. The van der Waals surface area contributed by atoms with Gasteiger partial charge in [0.1, 0.15) is 5.01 Å². The molecule has 0 unspecified atom stereocenters. The Bertz CT molecular complexity index is 537. The highest BCUT2D eigenvalue weighted by atomic mass is 32.1. The average Bonchev–Trinajstić information content (AvgIpc) is 2.85. The highest BCUT2D eigenvalue weighted by Gasteiger charge is 2.08. The van der Waals surface area contributed by atoms with E-state index in [-0.39, 0.29) is 5.91 Å². The lowest BCUT2D eigenvalue weighted by molar-refractivity contribution is -0.121. The van der Waals surface area contributed by atoms with Crippen LogP contribution in [0, 0.1) is 5.92 Å². The van der Waals surface area contributed by atoms with E-state index in [0.717, 1.165) is 16.4 Å². The van der Waals surface area contributed by atoms with Gasteiger partial charge in [0.25, 0.3) is 0 Å². The molecule has 0 radical (unpaired) electrons. The first-order valence-electron chi connectivity index (χ1n) is 6.27. The molecule has 0 spiro atoms. The summed E-state index contributed by atoms with van der Waals surface area (Å²) < 4.78 is 0. The predicted octanol–water partition coefficient (Wildman–Crippen LogP) is 2.87. The zero-order valence-electron chi connectivity index (χ0n) is 11.1. The van der Waals surface area contributed by atoms with E-state index in [0.29, 0.717) is 18.9 Å². The number of rotatable bonds is 5. The summed E-state index contributed by atoms with van der Waals surface area (Å²) in [6, 6.07) is 5.74. The monoisotopic (exact) mass is 275 g/mol. The van der Waals surface area contributed by atoms with Crippen LogP contribution in [0.15, 0.2) is 29.8 Å². The summed E-state index contributed by atoms with van der Waals surface area (Å²) in [4.78, 5) is 20.3. The highest BCUT2D eigenvalue weighted by Crippen LogP contribution is 2.19. The summed E-state index contributed by atoms with van der Waals surface area (Å²) >= 11 is 1.54. The Kier molecular flexibility index (Phi) is 4.63. The third-order valence-corrected chi connectivity index (χ3v) is 3.36. The molecule has 100 valence electrons. The fraction of sp³-hybridized carbons (Fsp3) is 0.357. The SMILES string of the molecule is CC(C)CC(=O)NCc1nc(-c2ccccn2)cs1. The van der Waals surface area contributed by atoms with Crippen molar-refractivity contribution in [3.63, 3.8) is 0 Å². The summed E-state index contributed by atoms with van der Waals surface area (Å²) in [6.45, 7) is 4.55. The second-order valence-corrected chi connectivity index (χ2v) is 5.66. The predicted molar refractivity (Wildman–Crippen MR) is 76.6 cm³/mol. The first-order chi connectivity index (χ1) is 9.15. The summed E-state index contributed by atoms with van der Waals surface area (Å²) in [5.74, 6) is 0.449. The van der Waals surface area contributed by atoms with Gasteiger partial charge in [-0.25, -0.2) is 4.98 Å². The van der Waals surface area contributed by atoms with E-state index in [1.54, 1.807) is 6.20 Å². The van der Waals surface area contributed by atoms with E-state index < -0.39 is 0 Å². The average molecular weight is 275 g/mol. The van der Waals surface area contributed by atoms with Gasteiger partial charge < -0.3 is 5.32 Å². The van der Waals surface area contributed by atoms with Gasteiger partial charge in [0, 0.05) is 18.0 Å². The summed E-state index contributed by atoms with van der Waals surface area (Å²) in [5.41, 5.74) is 1.72. The van der Waals surface area contributed by atoms with Crippen molar-refractivity contribution in [2.24, 2.45) is 5.92 Å². The van der Waals surface area contributed by atoms with Gasteiger partial charge >= 0.3 is 0 Å². The van der Waals surface area contributed by atoms with E-state index in [2.05, 4.69) is 15.3 Å². The molecule has 0 fully saturated rings. The number of amides is 1. The Morgan fingerprint density at radius 2 is 2.21 bits per heavy atom. The molecular weight excluding hydrogens is 258 g/mol. The van der Waals surface area contributed by atoms with Crippen molar-refractivity contribution in [1.29, 1.82) is 0 Å². The fourth-order valence-corrected chi connectivity index (χ4v) is 2.37. The molecule has 2 aromatic rings. The van der Waals surface area contributed by atoms with Crippen molar-refractivity contribution in [3.05, 3.63) is 34.8 Å². The van der Waals surface area contributed by atoms with Crippen molar-refractivity contribution in [1.82, 2.24) is 15.3 Å². The Labute approximate surface area is 116 Å².